The topological polar surface area (TPSA) is 68.0 Å². The summed E-state index contributed by atoms with van der Waals surface area (Å²) in [7, 11) is 0. The highest BCUT2D eigenvalue weighted by molar-refractivity contribution is 7.09. The lowest BCUT2D eigenvalue weighted by Crippen LogP contribution is -2.25. The molecule has 1 atom stereocenters. The molecule has 2 rings (SSSR count). The number of allylic oxidation sites excluding steroid dienone is 1. The molecule has 0 radical (unpaired) electrons. The minimum absolute atomic E-state index is 0.0612. The predicted molar refractivity (Wildman–Crippen MR) is 82.8 cm³/mol. The van der Waals surface area contributed by atoms with Crippen LogP contribution in [-0.4, -0.2) is 17.4 Å². The zero-order chi connectivity index (χ0) is 14.4. The van der Waals surface area contributed by atoms with Crippen LogP contribution in [0, 0.1) is 0 Å². The second-order valence-electron chi connectivity index (χ2n) is 5.20. The SMILES string of the molecule is CCC(N)c1nc(C(=O)NCCC2=CCCCC2)cs1. The Kier molecular flexibility index (Phi) is 5.73. The maximum absolute atomic E-state index is 12.0. The van der Waals surface area contributed by atoms with E-state index in [1.807, 2.05) is 6.92 Å². The zero-order valence-electron chi connectivity index (χ0n) is 12.0. The average Bonchev–Trinajstić information content (AvgIpc) is 2.97. The maximum atomic E-state index is 12.0. The molecular formula is C15H23N3OS. The molecule has 3 N–H and O–H groups in total. The lowest BCUT2D eigenvalue weighted by atomic mass is 9.97. The van der Waals surface area contributed by atoms with Crippen LogP contribution in [-0.2, 0) is 0 Å². The van der Waals surface area contributed by atoms with Crippen molar-refractivity contribution in [2.45, 2.75) is 51.5 Å². The largest absolute Gasteiger partial charge is 0.350 e. The lowest BCUT2D eigenvalue weighted by molar-refractivity contribution is 0.0949. The van der Waals surface area contributed by atoms with Crippen LogP contribution in [0.1, 0.15) is 67.0 Å². The molecule has 20 heavy (non-hydrogen) atoms. The number of thiazole rings is 1. The van der Waals surface area contributed by atoms with Crippen LogP contribution in [0.4, 0.5) is 0 Å². The molecule has 1 aliphatic carbocycles. The van der Waals surface area contributed by atoms with Gasteiger partial charge in [0, 0.05) is 11.9 Å². The zero-order valence-corrected chi connectivity index (χ0v) is 12.8. The fraction of sp³-hybridized carbons (Fsp3) is 0.600. The molecule has 0 bridgehead atoms. The standard InChI is InChI=1S/C15H23N3OS/c1-2-12(16)15-18-13(10-20-15)14(19)17-9-8-11-6-4-3-5-7-11/h6,10,12H,2-5,7-9,16H2,1H3,(H,17,19). The number of amides is 1. The van der Waals surface area contributed by atoms with E-state index in [0.29, 0.717) is 12.2 Å². The maximum Gasteiger partial charge on any atom is 0.270 e. The third-order valence-corrected chi connectivity index (χ3v) is 4.60. The first-order valence-corrected chi connectivity index (χ1v) is 8.25. The number of aromatic nitrogens is 1. The molecule has 1 aromatic rings. The van der Waals surface area contributed by atoms with Crippen LogP contribution in [0.3, 0.4) is 0 Å². The second-order valence-corrected chi connectivity index (χ2v) is 6.09. The second kappa shape index (κ2) is 7.55. The van der Waals surface area contributed by atoms with Gasteiger partial charge in [-0.15, -0.1) is 11.3 Å². The van der Waals surface area contributed by atoms with Crippen LogP contribution >= 0.6 is 11.3 Å². The first kappa shape index (κ1) is 15.2. The van der Waals surface area contributed by atoms with Crippen LogP contribution in [0.15, 0.2) is 17.0 Å². The molecule has 1 amide bonds. The Bertz CT molecular complexity index is 481. The molecule has 0 fully saturated rings. The monoisotopic (exact) mass is 293 g/mol. The van der Waals surface area contributed by atoms with Gasteiger partial charge in [-0.05, 0) is 38.5 Å². The summed E-state index contributed by atoms with van der Waals surface area (Å²) < 4.78 is 0. The molecule has 0 spiro atoms. The van der Waals surface area contributed by atoms with E-state index in [-0.39, 0.29) is 11.9 Å². The van der Waals surface area contributed by atoms with Crippen molar-refractivity contribution >= 4 is 17.2 Å². The highest BCUT2D eigenvalue weighted by atomic mass is 32.1. The van der Waals surface area contributed by atoms with E-state index in [9.17, 15) is 4.79 Å². The highest BCUT2D eigenvalue weighted by Crippen LogP contribution is 2.20. The predicted octanol–water partition coefficient (Wildman–Crippen LogP) is 3.17. The molecule has 0 aromatic carbocycles. The molecule has 0 aliphatic heterocycles. The molecule has 1 aromatic heterocycles. The van der Waals surface area contributed by atoms with Gasteiger partial charge in [-0.3, -0.25) is 4.79 Å². The van der Waals surface area contributed by atoms with E-state index < -0.39 is 0 Å². The first-order chi connectivity index (χ1) is 9.70. The van der Waals surface area contributed by atoms with E-state index in [2.05, 4.69) is 16.4 Å². The van der Waals surface area contributed by atoms with Gasteiger partial charge in [0.1, 0.15) is 10.7 Å². The van der Waals surface area contributed by atoms with Crippen LogP contribution in [0.5, 0.6) is 0 Å². The van der Waals surface area contributed by atoms with Gasteiger partial charge in [0.15, 0.2) is 0 Å². The molecule has 1 unspecified atom stereocenters. The fourth-order valence-corrected chi connectivity index (χ4v) is 3.18. The van der Waals surface area contributed by atoms with Gasteiger partial charge in [0.2, 0.25) is 0 Å². The van der Waals surface area contributed by atoms with E-state index in [4.69, 9.17) is 5.73 Å². The molecule has 110 valence electrons. The Morgan fingerprint density at radius 3 is 3.10 bits per heavy atom. The molecule has 1 aliphatic rings. The number of carbonyl (C=O) groups is 1. The van der Waals surface area contributed by atoms with Gasteiger partial charge in [0.05, 0.1) is 6.04 Å². The average molecular weight is 293 g/mol. The fourth-order valence-electron chi connectivity index (χ4n) is 2.30. The van der Waals surface area contributed by atoms with Crippen molar-refractivity contribution in [3.8, 4) is 0 Å². The van der Waals surface area contributed by atoms with Gasteiger partial charge >= 0.3 is 0 Å². The molecule has 1 heterocycles. The summed E-state index contributed by atoms with van der Waals surface area (Å²) in [6, 6.07) is -0.0612. The summed E-state index contributed by atoms with van der Waals surface area (Å²) >= 11 is 1.46. The third-order valence-electron chi connectivity index (χ3n) is 3.63. The van der Waals surface area contributed by atoms with Crippen molar-refractivity contribution in [2.75, 3.05) is 6.54 Å². The molecular weight excluding hydrogens is 270 g/mol. The van der Waals surface area contributed by atoms with Crippen molar-refractivity contribution in [3.05, 3.63) is 27.7 Å². The molecule has 0 saturated carbocycles. The van der Waals surface area contributed by atoms with Crippen LogP contribution < -0.4 is 11.1 Å². The number of nitrogens with two attached hydrogens (primary N) is 1. The van der Waals surface area contributed by atoms with Crippen LogP contribution in [0.2, 0.25) is 0 Å². The number of rotatable bonds is 6. The summed E-state index contributed by atoms with van der Waals surface area (Å²) in [5.41, 5.74) is 7.88. The van der Waals surface area contributed by atoms with Crippen molar-refractivity contribution < 1.29 is 4.79 Å². The van der Waals surface area contributed by atoms with Crippen molar-refractivity contribution in [1.29, 1.82) is 0 Å². The quantitative estimate of drug-likeness (QED) is 0.792. The Hall–Kier alpha value is -1.20. The van der Waals surface area contributed by atoms with Gasteiger partial charge < -0.3 is 11.1 Å². The Morgan fingerprint density at radius 2 is 2.40 bits per heavy atom. The minimum atomic E-state index is -0.0905. The summed E-state index contributed by atoms with van der Waals surface area (Å²) in [5.74, 6) is -0.0905. The Labute approximate surface area is 124 Å². The van der Waals surface area contributed by atoms with Gasteiger partial charge in [-0.25, -0.2) is 4.98 Å². The summed E-state index contributed by atoms with van der Waals surface area (Å²) in [5, 5.41) is 5.57. The van der Waals surface area contributed by atoms with E-state index in [1.165, 1.54) is 42.6 Å². The lowest BCUT2D eigenvalue weighted by Gasteiger charge is -2.12. The summed E-state index contributed by atoms with van der Waals surface area (Å²) in [4.78, 5) is 16.3. The van der Waals surface area contributed by atoms with Gasteiger partial charge in [-0.1, -0.05) is 18.6 Å². The van der Waals surface area contributed by atoms with Gasteiger partial charge in [-0.2, -0.15) is 0 Å². The molecule has 0 saturated heterocycles. The number of hydrogen-bond donors (Lipinski definition) is 2. The van der Waals surface area contributed by atoms with E-state index >= 15 is 0 Å². The third kappa shape index (κ3) is 4.15. The van der Waals surface area contributed by atoms with Crippen molar-refractivity contribution in [2.24, 2.45) is 5.73 Å². The number of carbonyl (C=O) groups excluding carboxylic acids is 1. The number of nitrogens with one attached hydrogen (secondary N) is 1. The van der Waals surface area contributed by atoms with Crippen molar-refractivity contribution in [1.82, 2.24) is 10.3 Å². The van der Waals surface area contributed by atoms with Gasteiger partial charge in [0.25, 0.3) is 5.91 Å². The Morgan fingerprint density at radius 1 is 1.55 bits per heavy atom. The van der Waals surface area contributed by atoms with Crippen molar-refractivity contribution in [3.63, 3.8) is 0 Å². The summed E-state index contributed by atoms with van der Waals surface area (Å²) in [6.45, 7) is 2.71. The highest BCUT2D eigenvalue weighted by Gasteiger charge is 2.14. The minimum Gasteiger partial charge on any atom is -0.350 e. The number of hydrogen-bond acceptors (Lipinski definition) is 4. The summed E-state index contributed by atoms with van der Waals surface area (Å²) in [6.07, 6.45) is 9.06. The first-order valence-electron chi connectivity index (χ1n) is 7.37. The molecule has 5 heteroatoms. The Balaban J connectivity index is 1.79. The number of nitrogens with zero attached hydrogens (tertiary/aromatic N) is 1. The van der Waals surface area contributed by atoms with E-state index in [0.717, 1.165) is 17.8 Å². The normalized spacial score (nSPS) is 16.6. The van der Waals surface area contributed by atoms with Crippen LogP contribution in [0.25, 0.3) is 0 Å². The van der Waals surface area contributed by atoms with E-state index in [1.54, 1.807) is 5.38 Å². The smallest absolute Gasteiger partial charge is 0.270 e. The molecule has 4 nitrogen and oxygen atoms in total.